The van der Waals surface area contributed by atoms with Crippen molar-refractivity contribution in [2.75, 3.05) is 23.6 Å². The number of ether oxygens (including phenoxy) is 2. The first-order chi connectivity index (χ1) is 23.2. The number of aliphatic hydroxyl groups is 1. The predicted octanol–water partition coefficient (Wildman–Crippen LogP) is 6.50. The summed E-state index contributed by atoms with van der Waals surface area (Å²) in [5, 5.41) is 17.8. The number of aliphatic hydroxyl groups excluding tert-OH is 1. The molecule has 4 atom stereocenters. The molecule has 246 valence electrons. The van der Waals surface area contributed by atoms with Crippen molar-refractivity contribution in [1.82, 2.24) is 0 Å². The predicted molar refractivity (Wildman–Crippen MR) is 191 cm³/mol. The maximum Gasteiger partial charge on any atom is 0.268 e. The van der Waals surface area contributed by atoms with E-state index >= 15 is 4.79 Å². The highest BCUT2D eigenvalue weighted by molar-refractivity contribution is 6.91. The first-order valence-corrected chi connectivity index (χ1v) is 19.7. The highest BCUT2D eigenvalue weighted by Gasteiger charge is 2.66. The molecule has 0 bridgehead atoms. The van der Waals surface area contributed by atoms with Crippen LogP contribution in [0.2, 0.25) is 18.6 Å². The smallest absolute Gasteiger partial charge is 0.268 e. The molecule has 1 N–H and O–H groups in total. The van der Waals surface area contributed by atoms with E-state index in [1.807, 2.05) is 91.0 Å². The number of amides is 2. The van der Waals surface area contributed by atoms with Crippen molar-refractivity contribution in [1.29, 1.82) is 0 Å². The van der Waals surface area contributed by atoms with Crippen molar-refractivity contribution in [3.8, 4) is 5.75 Å². The van der Waals surface area contributed by atoms with E-state index in [4.69, 9.17) is 14.6 Å². The Bertz CT molecular complexity index is 1860. The Hall–Kier alpha value is -4.57. The van der Waals surface area contributed by atoms with Gasteiger partial charge < -0.3 is 14.6 Å². The van der Waals surface area contributed by atoms with Gasteiger partial charge in [0, 0.05) is 36.6 Å². The molecule has 48 heavy (non-hydrogen) atoms. The Morgan fingerprint density at radius 2 is 1.60 bits per heavy atom. The van der Waals surface area contributed by atoms with Crippen molar-refractivity contribution < 1.29 is 24.2 Å². The molecule has 0 aliphatic carbocycles. The van der Waals surface area contributed by atoms with Crippen LogP contribution in [0.4, 0.5) is 17.1 Å². The number of anilines is 3. The summed E-state index contributed by atoms with van der Waals surface area (Å²) in [4.78, 5) is 30.2. The van der Waals surface area contributed by atoms with Gasteiger partial charge in [-0.05, 0) is 60.0 Å². The minimum Gasteiger partial charge on any atom is -0.497 e. The molecular formula is C39H41N3O5Si. The molecule has 1 saturated heterocycles. The number of methoxy groups -OCH3 is 1. The molecule has 0 radical (unpaired) electrons. The number of para-hydroxylation sites is 1. The molecule has 9 heteroatoms. The molecule has 4 aromatic rings. The molecule has 7 rings (SSSR count). The zero-order valence-corrected chi connectivity index (χ0v) is 28.8. The Morgan fingerprint density at radius 1 is 0.917 bits per heavy atom. The molecule has 0 aromatic heterocycles. The molecule has 1 fully saturated rings. The minimum absolute atomic E-state index is 0.00597. The summed E-state index contributed by atoms with van der Waals surface area (Å²) >= 11 is 0. The van der Waals surface area contributed by atoms with Crippen LogP contribution in [-0.2, 0) is 19.9 Å². The van der Waals surface area contributed by atoms with E-state index < -0.39 is 13.7 Å². The lowest BCUT2D eigenvalue weighted by molar-refractivity contribution is -0.145. The van der Waals surface area contributed by atoms with Gasteiger partial charge in [0.15, 0.2) is 5.60 Å². The number of benzene rings is 4. The van der Waals surface area contributed by atoms with Gasteiger partial charge in [0.25, 0.3) is 5.91 Å². The summed E-state index contributed by atoms with van der Waals surface area (Å²) in [5.74, 6) is 0.293. The van der Waals surface area contributed by atoms with E-state index in [0.717, 1.165) is 34.0 Å². The highest BCUT2D eigenvalue weighted by Crippen LogP contribution is 2.61. The first-order valence-electron chi connectivity index (χ1n) is 16.6. The summed E-state index contributed by atoms with van der Waals surface area (Å²) in [7, 11) is -0.684. The third kappa shape index (κ3) is 5.08. The van der Waals surface area contributed by atoms with Crippen molar-refractivity contribution in [2.45, 2.75) is 56.5 Å². The Kier molecular flexibility index (Phi) is 8.31. The van der Waals surface area contributed by atoms with Crippen molar-refractivity contribution >= 4 is 47.8 Å². The van der Waals surface area contributed by atoms with Crippen LogP contribution < -0.4 is 19.8 Å². The van der Waals surface area contributed by atoms with Crippen LogP contribution in [0.1, 0.15) is 37.3 Å². The highest BCUT2D eigenvalue weighted by atomic mass is 28.3. The van der Waals surface area contributed by atoms with E-state index in [9.17, 15) is 9.90 Å². The van der Waals surface area contributed by atoms with Crippen LogP contribution in [0.15, 0.2) is 108 Å². The van der Waals surface area contributed by atoms with E-state index in [1.54, 1.807) is 12.0 Å². The number of hydrazone groups is 1. The van der Waals surface area contributed by atoms with Crippen LogP contribution in [0.3, 0.4) is 0 Å². The zero-order valence-electron chi connectivity index (χ0n) is 27.8. The van der Waals surface area contributed by atoms with E-state index in [0.29, 0.717) is 24.9 Å². The van der Waals surface area contributed by atoms with Crippen LogP contribution in [0.25, 0.3) is 0 Å². The van der Waals surface area contributed by atoms with Gasteiger partial charge in [-0.15, -0.1) is 0 Å². The molecule has 4 aromatic carbocycles. The average molecular weight is 660 g/mol. The minimum atomic E-state index is -2.34. The van der Waals surface area contributed by atoms with Gasteiger partial charge in [0.1, 0.15) is 5.75 Å². The van der Waals surface area contributed by atoms with E-state index in [-0.39, 0.29) is 36.0 Å². The lowest BCUT2D eigenvalue weighted by Crippen LogP contribution is -2.51. The van der Waals surface area contributed by atoms with Gasteiger partial charge in [-0.3, -0.25) is 14.5 Å². The normalized spacial score (nSPS) is 23.9. The summed E-state index contributed by atoms with van der Waals surface area (Å²) < 4.78 is 12.5. The van der Waals surface area contributed by atoms with Gasteiger partial charge in [-0.2, -0.15) is 5.10 Å². The second-order valence-electron chi connectivity index (χ2n) is 13.5. The fourth-order valence-corrected chi connectivity index (χ4v) is 12.2. The van der Waals surface area contributed by atoms with E-state index in [2.05, 4.69) is 32.2 Å². The standard InChI is InChI=1S/C39H41N3O5Si/c1-26-37(48(3,4)31-18-16-30(46-2)17-19-31)35(23-24-43)47-39(26)32-25-29(15-21-34(32)41(38(39)45)28-13-9-6-10-14-28)42-36(44)22-20-33(40-42)27-11-7-5-8-12-27/h5-19,21,25-26,35,37,43H,20,22-24H2,1-4H3/t26-,35+,37-,39+/m0/s1. The Balaban J connectivity index is 1.38. The Morgan fingerprint density at radius 3 is 2.27 bits per heavy atom. The van der Waals surface area contributed by atoms with Crippen molar-refractivity contribution in [3.05, 3.63) is 114 Å². The van der Waals surface area contributed by atoms with Crippen LogP contribution in [0, 0.1) is 5.92 Å². The molecular weight excluding hydrogens is 619 g/mol. The number of nitrogens with zero attached hydrogens (tertiary/aromatic N) is 3. The first kappa shape index (κ1) is 32.0. The zero-order chi connectivity index (χ0) is 33.6. The summed E-state index contributed by atoms with van der Waals surface area (Å²) in [6.07, 6.45) is 0.945. The number of carbonyl (C=O) groups excluding carboxylic acids is 2. The molecule has 1 spiro atoms. The van der Waals surface area contributed by atoms with Crippen LogP contribution in [0.5, 0.6) is 5.75 Å². The maximum atomic E-state index is 15.1. The topological polar surface area (TPSA) is 91.7 Å². The number of carbonyl (C=O) groups is 2. The third-order valence-corrected chi connectivity index (χ3v) is 14.9. The second-order valence-corrected chi connectivity index (χ2v) is 18.2. The average Bonchev–Trinajstić information content (AvgIpc) is 3.55. The molecule has 0 unspecified atom stereocenters. The fourth-order valence-electron chi connectivity index (χ4n) is 8.18. The van der Waals surface area contributed by atoms with E-state index in [1.165, 1.54) is 10.2 Å². The lowest BCUT2D eigenvalue weighted by atomic mass is 9.82. The molecule has 2 amide bonds. The third-order valence-electron chi connectivity index (χ3n) is 10.5. The monoisotopic (exact) mass is 659 g/mol. The Labute approximate surface area is 282 Å². The van der Waals surface area contributed by atoms with Crippen molar-refractivity contribution in [3.63, 3.8) is 0 Å². The SMILES string of the molecule is COc1ccc([Si](C)(C)[C@@H]2[C@@H](CCO)O[C@]3(C(=O)N(c4ccccc4)c4ccc(N5N=C(c6ccccc6)CCC5=O)cc43)[C@H]2C)cc1. The van der Waals surface area contributed by atoms with Crippen LogP contribution in [-0.4, -0.2) is 50.5 Å². The van der Waals surface area contributed by atoms with Gasteiger partial charge in [-0.25, -0.2) is 5.01 Å². The lowest BCUT2D eigenvalue weighted by Gasteiger charge is -2.37. The molecule has 0 saturated carbocycles. The van der Waals surface area contributed by atoms with Crippen LogP contribution >= 0.6 is 0 Å². The maximum absolute atomic E-state index is 15.1. The molecule has 3 aliphatic rings. The number of hydrogen-bond acceptors (Lipinski definition) is 6. The fraction of sp³-hybridized carbons (Fsp3) is 0.308. The van der Waals surface area contributed by atoms with Gasteiger partial charge >= 0.3 is 0 Å². The van der Waals surface area contributed by atoms with Crippen molar-refractivity contribution in [2.24, 2.45) is 11.0 Å². The number of fused-ring (bicyclic) bond motifs is 2. The number of rotatable bonds is 8. The second kappa shape index (κ2) is 12.5. The quantitative estimate of drug-likeness (QED) is 0.218. The molecule has 8 nitrogen and oxygen atoms in total. The molecule has 3 aliphatic heterocycles. The number of hydrogen-bond donors (Lipinski definition) is 1. The summed E-state index contributed by atoms with van der Waals surface area (Å²) in [5.41, 5.74) is 3.28. The van der Waals surface area contributed by atoms with Gasteiger partial charge in [0.2, 0.25) is 5.91 Å². The van der Waals surface area contributed by atoms with Gasteiger partial charge in [0.05, 0.1) is 38.4 Å². The largest absolute Gasteiger partial charge is 0.497 e. The van der Waals surface area contributed by atoms with Gasteiger partial charge in [-0.1, -0.05) is 85.9 Å². The summed E-state index contributed by atoms with van der Waals surface area (Å²) in [6.45, 7) is 6.71. The molecule has 3 heterocycles. The summed E-state index contributed by atoms with van der Waals surface area (Å²) in [6, 6.07) is 33.5.